The summed E-state index contributed by atoms with van der Waals surface area (Å²) in [5.74, 6) is 1.54. The van der Waals surface area contributed by atoms with Crippen LogP contribution in [0.3, 0.4) is 0 Å². The number of carbonyl (C=O) groups excluding carboxylic acids is 1. The van der Waals surface area contributed by atoms with Crippen LogP contribution in [-0.2, 0) is 11.2 Å². The first-order valence-corrected chi connectivity index (χ1v) is 7.90. The molecule has 5 heteroatoms. The van der Waals surface area contributed by atoms with Crippen molar-refractivity contribution in [2.75, 3.05) is 19.7 Å². The van der Waals surface area contributed by atoms with Crippen LogP contribution < -0.4 is 10.5 Å². The maximum Gasteiger partial charge on any atom is 0.229 e. The number of hydrogen-bond acceptors (Lipinski definition) is 3. The van der Waals surface area contributed by atoms with E-state index < -0.39 is 0 Å². The molecule has 3 rings (SSSR count). The van der Waals surface area contributed by atoms with Crippen LogP contribution in [0.2, 0.25) is 0 Å². The number of ether oxygens (including phenoxy) is 1. The van der Waals surface area contributed by atoms with Crippen molar-refractivity contribution >= 4 is 18.3 Å². The van der Waals surface area contributed by atoms with E-state index in [0.29, 0.717) is 12.5 Å². The van der Waals surface area contributed by atoms with E-state index in [2.05, 4.69) is 6.07 Å². The minimum absolute atomic E-state index is 0. The van der Waals surface area contributed by atoms with Crippen LogP contribution in [0, 0.1) is 11.8 Å². The van der Waals surface area contributed by atoms with Gasteiger partial charge in [0.15, 0.2) is 0 Å². The number of amides is 1. The molecular formula is C17H25ClN2O2. The highest BCUT2D eigenvalue weighted by atomic mass is 35.5. The second kappa shape index (κ2) is 7.34. The number of benzene rings is 1. The number of carbonyl (C=O) groups is 1. The van der Waals surface area contributed by atoms with Crippen molar-refractivity contribution in [2.45, 2.75) is 32.2 Å². The van der Waals surface area contributed by atoms with Crippen molar-refractivity contribution in [3.8, 4) is 5.75 Å². The summed E-state index contributed by atoms with van der Waals surface area (Å²) < 4.78 is 5.75. The smallest absolute Gasteiger partial charge is 0.229 e. The van der Waals surface area contributed by atoms with E-state index in [1.807, 2.05) is 30.0 Å². The van der Waals surface area contributed by atoms with Crippen LogP contribution in [0.4, 0.5) is 0 Å². The van der Waals surface area contributed by atoms with E-state index in [4.69, 9.17) is 10.5 Å². The number of halogens is 1. The van der Waals surface area contributed by atoms with E-state index in [1.54, 1.807) is 0 Å². The Morgan fingerprint density at radius 2 is 2.18 bits per heavy atom. The fraction of sp³-hybridized carbons (Fsp3) is 0.588. The van der Waals surface area contributed by atoms with Crippen molar-refractivity contribution in [1.29, 1.82) is 0 Å². The Bertz CT molecular complexity index is 521. The molecule has 0 aliphatic carbocycles. The molecule has 2 aliphatic rings. The van der Waals surface area contributed by atoms with Gasteiger partial charge >= 0.3 is 0 Å². The van der Waals surface area contributed by atoms with Gasteiger partial charge in [0, 0.05) is 19.1 Å². The molecule has 0 radical (unpaired) electrons. The largest absolute Gasteiger partial charge is 0.492 e. The minimum Gasteiger partial charge on any atom is -0.492 e. The third-order valence-corrected chi connectivity index (χ3v) is 4.74. The highest BCUT2D eigenvalue weighted by Gasteiger charge is 2.32. The summed E-state index contributed by atoms with van der Waals surface area (Å²) in [5, 5.41) is 0. The number of nitrogens with two attached hydrogens (primary N) is 1. The predicted octanol–water partition coefficient (Wildman–Crippen LogP) is 2.25. The molecule has 3 unspecified atom stereocenters. The molecule has 22 heavy (non-hydrogen) atoms. The van der Waals surface area contributed by atoms with Crippen molar-refractivity contribution in [3.63, 3.8) is 0 Å². The highest BCUT2D eigenvalue weighted by Crippen LogP contribution is 2.29. The van der Waals surface area contributed by atoms with E-state index in [1.165, 1.54) is 0 Å². The first-order chi connectivity index (χ1) is 10.1. The summed E-state index contributed by atoms with van der Waals surface area (Å²) in [6.45, 7) is 4.20. The van der Waals surface area contributed by atoms with Crippen LogP contribution in [-0.4, -0.2) is 36.5 Å². The quantitative estimate of drug-likeness (QED) is 0.907. The minimum atomic E-state index is -0.0493. The molecule has 0 saturated carbocycles. The van der Waals surface area contributed by atoms with Gasteiger partial charge in [0.2, 0.25) is 5.91 Å². The summed E-state index contributed by atoms with van der Waals surface area (Å²) in [6, 6.07) is 8.16. The zero-order chi connectivity index (χ0) is 14.8. The number of fused-ring (bicyclic) bond motifs is 1. The van der Waals surface area contributed by atoms with Crippen LogP contribution in [0.1, 0.15) is 25.3 Å². The Balaban J connectivity index is 0.00000176. The number of nitrogens with zero attached hydrogens (tertiary/aromatic N) is 1. The van der Waals surface area contributed by atoms with E-state index in [0.717, 1.165) is 43.7 Å². The van der Waals surface area contributed by atoms with Crippen molar-refractivity contribution < 1.29 is 9.53 Å². The molecule has 0 bridgehead atoms. The zero-order valence-electron chi connectivity index (χ0n) is 13.0. The molecule has 1 amide bonds. The molecule has 1 aromatic rings. The Kier molecular flexibility index (Phi) is 5.70. The Morgan fingerprint density at radius 1 is 1.41 bits per heavy atom. The summed E-state index contributed by atoms with van der Waals surface area (Å²) in [6.07, 6.45) is 2.97. The third kappa shape index (κ3) is 3.55. The number of likely N-dealkylation sites (tertiary alicyclic amines) is 1. The van der Waals surface area contributed by atoms with Gasteiger partial charge in [-0.25, -0.2) is 0 Å². The molecule has 1 aromatic carbocycles. The molecule has 1 saturated heterocycles. The van der Waals surface area contributed by atoms with Gasteiger partial charge in [-0.2, -0.15) is 0 Å². The fourth-order valence-corrected chi connectivity index (χ4v) is 3.38. The molecule has 3 atom stereocenters. The molecule has 0 aromatic heterocycles. The number of para-hydroxylation sites is 1. The van der Waals surface area contributed by atoms with Crippen molar-refractivity contribution in [2.24, 2.45) is 17.6 Å². The van der Waals surface area contributed by atoms with Crippen molar-refractivity contribution in [3.05, 3.63) is 29.8 Å². The van der Waals surface area contributed by atoms with Gasteiger partial charge in [-0.1, -0.05) is 18.2 Å². The van der Waals surface area contributed by atoms with Gasteiger partial charge in [0.1, 0.15) is 12.4 Å². The van der Waals surface area contributed by atoms with E-state index in [-0.39, 0.29) is 30.3 Å². The molecular weight excluding hydrogens is 300 g/mol. The lowest BCUT2D eigenvalue weighted by atomic mass is 9.90. The average molecular weight is 325 g/mol. The molecule has 2 N–H and O–H groups in total. The van der Waals surface area contributed by atoms with Gasteiger partial charge in [-0.15, -0.1) is 12.4 Å². The first-order valence-electron chi connectivity index (χ1n) is 7.90. The Labute approximate surface area is 138 Å². The van der Waals surface area contributed by atoms with E-state index >= 15 is 0 Å². The van der Waals surface area contributed by atoms with Gasteiger partial charge in [-0.05, 0) is 43.7 Å². The highest BCUT2D eigenvalue weighted by molar-refractivity contribution is 5.85. The van der Waals surface area contributed by atoms with Gasteiger partial charge in [-0.3, -0.25) is 4.79 Å². The average Bonchev–Trinajstić information content (AvgIpc) is 2.53. The van der Waals surface area contributed by atoms with Crippen LogP contribution in [0.25, 0.3) is 0 Å². The molecule has 4 nitrogen and oxygen atoms in total. The van der Waals surface area contributed by atoms with Gasteiger partial charge < -0.3 is 15.4 Å². The number of rotatable bonds is 2. The molecule has 0 spiro atoms. The normalized spacial score (nSPS) is 25.5. The summed E-state index contributed by atoms with van der Waals surface area (Å²) >= 11 is 0. The first kappa shape index (κ1) is 17.1. The number of hydrogen-bond donors (Lipinski definition) is 1. The Morgan fingerprint density at radius 3 is 2.95 bits per heavy atom. The van der Waals surface area contributed by atoms with Crippen LogP contribution in [0.15, 0.2) is 24.3 Å². The number of piperidine rings is 1. The lowest BCUT2D eigenvalue weighted by Crippen LogP contribution is -2.48. The molecule has 1 fully saturated rings. The van der Waals surface area contributed by atoms with Gasteiger partial charge in [0.05, 0.1) is 5.92 Å². The molecule has 122 valence electrons. The van der Waals surface area contributed by atoms with Crippen LogP contribution >= 0.6 is 12.4 Å². The zero-order valence-corrected chi connectivity index (χ0v) is 13.8. The van der Waals surface area contributed by atoms with Crippen molar-refractivity contribution in [1.82, 2.24) is 4.90 Å². The fourth-order valence-electron chi connectivity index (χ4n) is 3.38. The van der Waals surface area contributed by atoms with Gasteiger partial charge in [0.25, 0.3) is 0 Å². The predicted molar refractivity (Wildman–Crippen MR) is 89.3 cm³/mol. The maximum atomic E-state index is 12.7. The van der Waals surface area contributed by atoms with Crippen LogP contribution in [0.5, 0.6) is 5.75 Å². The summed E-state index contributed by atoms with van der Waals surface area (Å²) in [7, 11) is 0. The SMILES string of the molecule is CC(N)C1CCCN(C(=O)C2COc3ccccc3C2)C1.Cl. The summed E-state index contributed by atoms with van der Waals surface area (Å²) in [5.41, 5.74) is 7.15. The maximum absolute atomic E-state index is 12.7. The lowest BCUT2D eigenvalue weighted by Gasteiger charge is -2.37. The second-order valence-corrected chi connectivity index (χ2v) is 6.37. The monoisotopic (exact) mass is 324 g/mol. The lowest BCUT2D eigenvalue weighted by molar-refractivity contribution is -0.138. The Hall–Kier alpha value is -1.26. The second-order valence-electron chi connectivity index (χ2n) is 6.37. The molecule has 2 heterocycles. The molecule has 2 aliphatic heterocycles. The summed E-state index contributed by atoms with van der Waals surface area (Å²) in [4.78, 5) is 14.7. The van der Waals surface area contributed by atoms with E-state index in [9.17, 15) is 4.79 Å². The third-order valence-electron chi connectivity index (χ3n) is 4.74. The standard InChI is InChI=1S/C17H24N2O2.ClH/c1-12(18)14-6-4-8-19(10-14)17(20)15-9-13-5-2-3-7-16(13)21-11-15;/h2-3,5,7,12,14-15H,4,6,8-11,18H2,1H3;1H. The topological polar surface area (TPSA) is 55.6 Å².